The highest BCUT2D eigenvalue weighted by atomic mass is 16.3. The molecule has 3 rings (SSSR count). The lowest BCUT2D eigenvalue weighted by Crippen LogP contribution is -2.26. The van der Waals surface area contributed by atoms with Crippen LogP contribution in [0.25, 0.3) is 11.0 Å². The van der Waals surface area contributed by atoms with E-state index in [1.165, 1.54) is 43.1 Å². The van der Waals surface area contributed by atoms with Crippen LogP contribution in [-0.4, -0.2) is 6.54 Å². The van der Waals surface area contributed by atoms with Crippen molar-refractivity contribution in [2.45, 2.75) is 52.0 Å². The van der Waals surface area contributed by atoms with E-state index in [1.54, 1.807) is 0 Å². The van der Waals surface area contributed by atoms with Gasteiger partial charge < -0.3 is 9.73 Å². The first-order valence-corrected chi connectivity index (χ1v) is 7.99. The third-order valence-corrected chi connectivity index (χ3v) is 4.47. The van der Waals surface area contributed by atoms with Crippen molar-refractivity contribution in [2.24, 2.45) is 5.92 Å². The van der Waals surface area contributed by atoms with E-state index in [4.69, 9.17) is 4.42 Å². The second kappa shape index (κ2) is 6.01. The molecule has 0 saturated heterocycles. The van der Waals surface area contributed by atoms with Crippen LogP contribution in [0.1, 0.15) is 56.4 Å². The zero-order valence-electron chi connectivity index (χ0n) is 12.6. The largest absolute Gasteiger partial charge is 0.459 e. The molecule has 2 heteroatoms. The molecule has 108 valence electrons. The molecule has 1 atom stereocenters. The van der Waals surface area contributed by atoms with Crippen LogP contribution in [0.2, 0.25) is 0 Å². The second-order valence-electron chi connectivity index (χ2n) is 6.23. The van der Waals surface area contributed by atoms with Gasteiger partial charge in [0.25, 0.3) is 0 Å². The first kappa shape index (κ1) is 13.7. The quantitative estimate of drug-likeness (QED) is 0.802. The standard InChI is InChI=1S/C18H25NO/c1-3-9-19-16(11-14-5-4-6-14)18-12-15-10-13(2)7-8-17(15)20-18/h7-8,10,12,14,16,19H,3-6,9,11H2,1-2H3. The molecule has 0 aliphatic heterocycles. The minimum atomic E-state index is 0.382. The maximum Gasteiger partial charge on any atom is 0.134 e. The van der Waals surface area contributed by atoms with Crippen LogP contribution in [-0.2, 0) is 0 Å². The van der Waals surface area contributed by atoms with E-state index in [2.05, 4.69) is 43.4 Å². The van der Waals surface area contributed by atoms with Crippen molar-refractivity contribution in [1.82, 2.24) is 5.32 Å². The summed E-state index contributed by atoms with van der Waals surface area (Å²) in [6.07, 6.45) is 6.58. The van der Waals surface area contributed by atoms with Crippen LogP contribution in [0.5, 0.6) is 0 Å². The summed E-state index contributed by atoms with van der Waals surface area (Å²) in [4.78, 5) is 0. The van der Waals surface area contributed by atoms with Crippen LogP contribution in [0, 0.1) is 12.8 Å². The number of hydrogen-bond acceptors (Lipinski definition) is 2. The van der Waals surface area contributed by atoms with Gasteiger partial charge in [0.2, 0.25) is 0 Å². The zero-order valence-corrected chi connectivity index (χ0v) is 12.6. The molecule has 1 aromatic heterocycles. The van der Waals surface area contributed by atoms with Crippen LogP contribution >= 0.6 is 0 Å². The normalized spacial score (nSPS) is 17.3. The number of fused-ring (bicyclic) bond motifs is 1. The molecule has 0 spiro atoms. The molecule has 0 amide bonds. The Bertz CT molecular complexity index is 568. The van der Waals surface area contributed by atoms with E-state index in [0.717, 1.165) is 23.8 Å². The Morgan fingerprint density at radius 1 is 1.30 bits per heavy atom. The van der Waals surface area contributed by atoms with Crippen molar-refractivity contribution in [3.63, 3.8) is 0 Å². The summed E-state index contributed by atoms with van der Waals surface area (Å²) in [7, 11) is 0. The summed E-state index contributed by atoms with van der Waals surface area (Å²) < 4.78 is 6.09. The first-order valence-electron chi connectivity index (χ1n) is 7.99. The van der Waals surface area contributed by atoms with Crippen molar-refractivity contribution in [1.29, 1.82) is 0 Å². The number of hydrogen-bond donors (Lipinski definition) is 1. The molecule has 1 aliphatic carbocycles. The smallest absolute Gasteiger partial charge is 0.134 e. The molecule has 1 heterocycles. The highest BCUT2D eigenvalue weighted by molar-refractivity contribution is 5.78. The van der Waals surface area contributed by atoms with Gasteiger partial charge in [-0.15, -0.1) is 0 Å². The fraction of sp³-hybridized carbons (Fsp3) is 0.556. The third-order valence-electron chi connectivity index (χ3n) is 4.47. The molecule has 2 nitrogen and oxygen atoms in total. The zero-order chi connectivity index (χ0) is 13.9. The van der Waals surface area contributed by atoms with Gasteiger partial charge in [0.15, 0.2) is 0 Å². The highest BCUT2D eigenvalue weighted by Crippen LogP contribution is 2.36. The summed E-state index contributed by atoms with van der Waals surface area (Å²) in [5.41, 5.74) is 2.31. The summed E-state index contributed by atoms with van der Waals surface area (Å²) in [6.45, 7) is 5.41. The minimum Gasteiger partial charge on any atom is -0.459 e. The first-order chi connectivity index (χ1) is 9.76. The van der Waals surface area contributed by atoms with Gasteiger partial charge in [-0.05, 0) is 50.4 Å². The van der Waals surface area contributed by atoms with Gasteiger partial charge in [-0.3, -0.25) is 0 Å². The lowest BCUT2D eigenvalue weighted by molar-refractivity contribution is 0.248. The van der Waals surface area contributed by atoms with Crippen LogP contribution in [0.15, 0.2) is 28.7 Å². The monoisotopic (exact) mass is 271 g/mol. The topological polar surface area (TPSA) is 25.2 Å². The Morgan fingerprint density at radius 2 is 2.15 bits per heavy atom. The van der Waals surface area contributed by atoms with E-state index in [1.807, 2.05) is 0 Å². The molecule has 1 unspecified atom stereocenters. The van der Waals surface area contributed by atoms with E-state index >= 15 is 0 Å². The average molecular weight is 271 g/mol. The Morgan fingerprint density at radius 3 is 2.85 bits per heavy atom. The summed E-state index contributed by atoms with van der Waals surface area (Å²) in [6, 6.07) is 9.04. The molecule has 1 aromatic carbocycles. The van der Waals surface area contributed by atoms with Crippen LogP contribution in [0.4, 0.5) is 0 Å². The van der Waals surface area contributed by atoms with Gasteiger partial charge in [0.1, 0.15) is 11.3 Å². The van der Waals surface area contributed by atoms with E-state index in [9.17, 15) is 0 Å². The van der Waals surface area contributed by atoms with Crippen LogP contribution < -0.4 is 5.32 Å². The molecule has 1 aliphatic rings. The van der Waals surface area contributed by atoms with Gasteiger partial charge in [0.05, 0.1) is 6.04 Å². The highest BCUT2D eigenvalue weighted by Gasteiger charge is 2.24. The van der Waals surface area contributed by atoms with Crippen molar-refractivity contribution in [3.8, 4) is 0 Å². The summed E-state index contributed by atoms with van der Waals surface area (Å²) in [5, 5.41) is 4.90. The van der Waals surface area contributed by atoms with Crippen molar-refractivity contribution >= 4 is 11.0 Å². The SMILES string of the molecule is CCCNC(CC1CCC1)c1cc2cc(C)ccc2o1. The summed E-state index contributed by atoms with van der Waals surface area (Å²) in [5.74, 6) is 2.00. The Balaban J connectivity index is 1.82. The Hall–Kier alpha value is -1.28. The molecule has 1 fully saturated rings. The molecule has 0 radical (unpaired) electrons. The minimum absolute atomic E-state index is 0.382. The average Bonchev–Trinajstić information content (AvgIpc) is 2.79. The molecule has 1 N–H and O–H groups in total. The fourth-order valence-electron chi connectivity index (χ4n) is 3.04. The lowest BCUT2D eigenvalue weighted by Gasteiger charge is -2.29. The van der Waals surface area contributed by atoms with E-state index in [-0.39, 0.29) is 0 Å². The van der Waals surface area contributed by atoms with Crippen molar-refractivity contribution < 1.29 is 4.42 Å². The van der Waals surface area contributed by atoms with Crippen molar-refractivity contribution in [2.75, 3.05) is 6.54 Å². The predicted octanol–water partition coefficient (Wildman–Crippen LogP) is 4.97. The maximum absolute atomic E-state index is 6.09. The fourth-order valence-corrected chi connectivity index (χ4v) is 3.04. The predicted molar refractivity (Wildman–Crippen MR) is 83.9 cm³/mol. The molecule has 2 aromatic rings. The third kappa shape index (κ3) is 2.90. The van der Waals surface area contributed by atoms with Gasteiger partial charge >= 0.3 is 0 Å². The van der Waals surface area contributed by atoms with E-state index in [0.29, 0.717) is 6.04 Å². The maximum atomic E-state index is 6.09. The van der Waals surface area contributed by atoms with Gasteiger partial charge in [-0.25, -0.2) is 0 Å². The number of nitrogens with one attached hydrogen (secondary N) is 1. The van der Waals surface area contributed by atoms with Gasteiger partial charge in [0, 0.05) is 5.39 Å². The van der Waals surface area contributed by atoms with Crippen LogP contribution in [0.3, 0.4) is 0 Å². The molecular formula is C18H25NO. The number of rotatable bonds is 6. The lowest BCUT2D eigenvalue weighted by atomic mass is 9.80. The molecular weight excluding hydrogens is 246 g/mol. The Kier molecular flexibility index (Phi) is 4.11. The van der Waals surface area contributed by atoms with Gasteiger partial charge in [-0.2, -0.15) is 0 Å². The molecule has 1 saturated carbocycles. The molecule has 0 bridgehead atoms. The number of furan rings is 1. The summed E-state index contributed by atoms with van der Waals surface area (Å²) >= 11 is 0. The van der Waals surface area contributed by atoms with Crippen molar-refractivity contribution in [3.05, 3.63) is 35.6 Å². The molecule has 20 heavy (non-hydrogen) atoms. The number of benzene rings is 1. The number of aryl methyl sites for hydroxylation is 1. The Labute approximate surface area is 121 Å². The second-order valence-corrected chi connectivity index (χ2v) is 6.23. The van der Waals surface area contributed by atoms with Gasteiger partial charge in [-0.1, -0.05) is 37.8 Å². The van der Waals surface area contributed by atoms with E-state index < -0.39 is 0 Å².